The first kappa shape index (κ1) is 20.4. The summed E-state index contributed by atoms with van der Waals surface area (Å²) in [5, 5.41) is 12.2. The average molecular weight is 358 g/mol. The molecule has 0 saturated carbocycles. The average Bonchev–Trinajstić information content (AvgIpc) is 2.51. The van der Waals surface area contributed by atoms with E-state index in [1.807, 2.05) is 0 Å². The van der Waals surface area contributed by atoms with Gasteiger partial charge in [-0.25, -0.2) is 17.9 Å². The Balaban J connectivity index is 3.01. The summed E-state index contributed by atoms with van der Waals surface area (Å²) in [6, 6.07) is 4.07. The summed E-state index contributed by atoms with van der Waals surface area (Å²) >= 11 is 0. The number of benzene rings is 1. The van der Waals surface area contributed by atoms with Crippen molar-refractivity contribution in [3.05, 3.63) is 23.8 Å². The van der Waals surface area contributed by atoms with Gasteiger partial charge in [-0.2, -0.15) is 0 Å². The van der Waals surface area contributed by atoms with E-state index in [-0.39, 0.29) is 17.0 Å². The Kier molecular flexibility index (Phi) is 8.17. The van der Waals surface area contributed by atoms with Crippen molar-refractivity contribution in [2.75, 3.05) is 32.1 Å². The van der Waals surface area contributed by atoms with Gasteiger partial charge < -0.3 is 15.2 Å². The van der Waals surface area contributed by atoms with E-state index in [2.05, 4.69) is 23.9 Å². The van der Waals surface area contributed by atoms with Gasteiger partial charge in [-0.05, 0) is 37.0 Å². The molecule has 8 heteroatoms. The lowest BCUT2D eigenvalue weighted by molar-refractivity contribution is 0.0696. The van der Waals surface area contributed by atoms with E-state index in [0.29, 0.717) is 31.2 Å². The highest BCUT2D eigenvalue weighted by Crippen LogP contribution is 2.23. The Labute approximate surface area is 143 Å². The first-order chi connectivity index (χ1) is 11.3. The number of carboxylic acid groups (broad SMARTS) is 1. The van der Waals surface area contributed by atoms with Crippen LogP contribution in [0.1, 0.15) is 37.0 Å². The van der Waals surface area contributed by atoms with Crippen LogP contribution in [0.25, 0.3) is 0 Å². The van der Waals surface area contributed by atoms with Crippen molar-refractivity contribution < 1.29 is 23.1 Å². The number of nitrogens with one attached hydrogen (secondary N) is 2. The number of anilines is 1. The summed E-state index contributed by atoms with van der Waals surface area (Å²) < 4.78 is 32.4. The van der Waals surface area contributed by atoms with Crippen molar-refractivity contribution in [2.24, 2.45) is 5.92 Å². The molecule has 0 aromatic heterocycles. The van der Waals surface area contributed by atoms with Gasteiger partial charge in [0.05, 0.1) is 11.3 Å². The largest absolute Gasteiger partial charge is 0.478 e. The molecule has 0 bridgehead atoms. The fourth-order valence-corrected chi connectivity index (χ4v) is 3.30. The van der Waals surface area contributed by atoms with Crippen LogP contribution in [-0.2, 0) is 14.8 Å². The SMILES string of the molecule is COCCCNS(=O)(=O)c1cc(C(=O)O)ccc1NCCC(C)C. The smallest absolute Gasteiger partial charge is 0.335 e. The molecule has 0 spiro atoms. The summed E-state index contributed by atoms with van der Waals surface area (Å²) in [6.45, 7) is 5.42. The lowest BCUT2D eigenvalue weighted by Crippen LogP contribution is -2.27. The minimum absolute atomic E-state index is 0.0522. The van der Waals surface area contributed by atoms with Crippen LogP contribution in [0.5, 0.6) is 0 Å². The normalized spacial score (nSPS) is 11.7. The van der Waals surface area contributed by atoms with Crippen LogP contribution in [0.4, 0.5) is 5.69 Å². The van der Waals surface area contributed by atoms with Crippen LogP contribution in [0.3, 0.4) is 0 Å². The second-order valence-electron chi connectivity index (χ2n) is 5.87. The second kappa shape index (κ2) is 9.61. The molecule has 24 heavy (non-hydrogen) atoms. The maximum atomic E-state index is 12.5. The maximum absolute atomic E-state index is 12.5. The van der Waals surface area contributed by atoms with Gasteiger partial charge in [0, 0.05) is 26.8 Å². The summed E-state index contributed by atoms with van der Waals surface area (Å²) in [7, 11) is -2.27. The van der Waals surface area contributed by atoms with Gasteiger partial charge in [0.15, 0.2) is 0 Å². The molecule has 0 amide bonds. The molecule has 136 valence electrons. The molecule has 0 heterocycles. The van der Waals surface area contributed by atoms with E-state index in [1.54, 1.807) is 7.11 Å². The number of carbonyl (C=O) groups is 1. The highest BCUT2D eigenvalue weighted by atomic mass is 32.2. The van der Waals surface area contributed by atoms with Gasteiger partial charge in [-0.3, -0.25) is 0 Å². The van der Waals surface area contributed by atoms with E-state index in [4.69, 9.17) is 9.84 Å². The number of rotatable bonds is 11. The lowest BCUT2D eigenvalue weighted by Gasteiger charge is -2.15. The molecule has 0 aliphatic rings. The van der Waals surface area contributed by atoms with Gasteiger partial charge in [0.2, 0.25) is 10.0 Å². The molecule has 0 saturated heterocycles. The molecule has 7 nitrogen and oxygen atoms in total. The predicted molar refractivity (Wildman–Crippen MR) is 93.0 cm³/mol. The minimum atomic E-state index is -3.81. The predicted octanol–water partition coefficient (Wildman–Crippen LogP) is 2.16. The maximum Gasteiger partial charge on any atom is 0.335 e. The number of methoxy groups -OCH3 is 1. The van der Waals surface area contributed by atoms with Gasteiger partial charge in [0.1, 0.15) is 4.90 Å². The topological polar surface area (TPSA) is 105 Å². The van der Waals surface area contributed by atoms with Gasteiger partial charge in [0.25, 0.3) is 0 Å². The standard InChI is InChI=1S/C16H26N2O5S/c1-12(2)7-9-17-14-6-5-13(16(19)20)11-15(14)24(21,22)18-8-4-10-23-3/h5-6,11-12,17-18H,4,7-10H2,1-3H3,(H,19,20). The fourth-order valence-electron chi connectivity index (χ4n) is 2.02. The van der Waals surface area contributed by atoms with Gasteiger partial charge >= 0.3 is 5.97 Å². The molecule has 1 aromatic rings. The Morgan fingerprint density at radius 1 is 1.29 bits per heavy atom. The Bertz CT molecular complexity index is 644. The van der Waals surface area contributed by atoms with Crippen molar-refractivity contribution in [2.45, 2.75) is 31.6 Å². The van der Waals surface area contributed by atoms with Crippen LogP contribution < -0.4 is 10.0 Å². The van der Waals surface area contributed by atoms with E-state index < -0.39 is 16.0 Å². The molecule has 0 radical (unpaired) electrons. The third-order valence-electron chi connectivity index (χ3n) is 3.37. The number of ether oxygens (including phenoxy) is 1. The van der Waals surface area contributed by atoms with Crippen LogP contribution in [0.15, 0.2) is 23.1 Å². The number of sulfonamides is 1. The molecule has 0 aliphatic heterocycles. The molecule has 0 fully saturated rings. The molecule has 3 N–H and O–H groups in total. The Morgan fingerprint density at radius 2 is 2.00 bits per heavy atom. The van der Waals surface area contributed by atoms with E-state index in [1.165, 1.54) is 18.2 Å². The zero-order valence-corrected chi connectivity index (χ0v) is 15.1. The molecule has 1 aromatic carbocycles. The highest BCUT2D eigenvalue weighted by Gasteiger charge is 2.20. The monoisotopic (exact) mass is 358 g/mol. The van der Waals surface area contributed by atoms with E-state index >= 15 is 0 Å². The van der Waals surface area contributed by atoms with E-state index in [9.17, 15) is 13.2 Å². The fraction of sp³-hybridized carbons (Fsp3) is 0.562. The first-order valence-electron chi connectivity index (χ1n) is 7.87. The Hall–Kier alpha value is -1.64. The number of hydrogen-bond acceptors (Lipinski definition) is 5. The zero-order chi connectivity index (χ0) is 18.2. The highest BCUT2D eigenvalue weighted by molar-refractivity contribution is 7.89. The van der Waals surface area contributed by atoms with Crippen LogP contribution in [-0.4, -0.2) is 46.3 Å². The first-order valence-corrected chi connectivity index (χ1v) is 9.36. The van der Waals surface area contributed by atoms with Crippen LogP contribution in [0.2, 0.25) is 0 Å². The summed E-state index contributed by atoms with van der Waals surface area (Å²) in [4.78, 5) is 11.1. The van der Waals surface area contributed by atoms with Crippen molar-refractivity contribution in [1.29, 1.82) is 0 Å². The zero-order valence-electron chi connectivity index (χ0n) is 14.3. The quantitative estimate of drug-likeness (QED) is 0.524. The molecule has 0 atom stereocenters. The Morgan fingerprint density at radius 3 is 2.58 bits per heavy atom. The second-order valence-corrected chi connectivity index (χ2v) is 7.60. The third-order valence-corrected chi connectivity index (χ3v) is 4.87. The van der Waals surface area contributed by atoms with Crippen LogP contribution in [0, 0.1) is 5.92 Å². The number of aromatic carboxylic acids is 1. The molecular formula is C16H26N2O5S. The van der Waals surface area contributed by atoms with Crippen molar-refractivity contribution in [3.8, 4) is 0 Å². The molecule has 1 rings (SSSR count). The van der Waals surface area contributed by atoms with Crippen molar-refractivity contribution >= 4 is 21.7 Å². The number of hydrogen-bond donors (Lipinski definition) is 3. The number of carboxylic acids is 1. The summed E-state index contributed by atoms with van der Waals surface area (Å²) in [5.41, 5.74) is 0.335. The van der Waals surface area contributed by atoms with Crippen molar-refractivity contribution in [1.82, 2.24) is 4.72 Å². The molecular weight excluding hydrogens is 332 g/mol. The summed E-state index contributed by atoms with van der Waals surface area (Å²) in [6.07, 6.45) is 1.41. The van der Waals surface area contributed by atoms with Crippen molar-refractivity contribution in [3.63, 3.8) is 0 Å². The van der Waals surface area contributed by atoms with Gasteiger partial charge in [-0.15, -0.1) is 0 Å². The van der Waals surface area contributed by atoms with Crippen LogP contribution >= 0.6 is 0 Å². The van der Waals surface area contributed by atoms with E-state index in [0.717, 1.165) is 6.42 Å². The van der Waals surface area contributed by atoms with Gasteiger partial charge in [-0.1, -0.05) is 13.8 Å². The third kappa shape index (κ3) is 6.46. The molecule has 0 unspecified atom stereocenters. The minimum Gasteiger partial charge on any atom is -0.478 e. The molecule has 0 aliphatic carbocycles. The summed E-state index contributed by atoms with van der Waals surface area (Å²) in [5.74, 6) is -0.692. The lowest BCUT2D eigenvalue weighted by atomic mass is 10.1.